The Balaban J connectivity index is 3.45. The zero-order chi connectivity index (χ0) is 10.0. The number of aromatic hydroxyl groups is 1. The zero-order valence-corrected chi connectivity index (χ0v) is 6.14. The second-order valence-corrected chi connectivity index (χ2v) is 2.14. The lowest BCUT2D eigenvalue weighted by molar-refractivity contribution is 0.0689. The third-order valence-corrected chi connectivity index (χ3v) is 1.31. The van der Waals surface area contributed by atoms with Crippen LogP contribution in [0.3, 0.4) is 0 Å². The number of hydrogen-bond acceptors (Lipinski definition) is 5. The van der Waals surface area contributed by atoms with E-state index in [2.05, 4.69) is 5.18 Å². The van der Waals surface area contributed by atoms with E-state index in [1.165, 1.54) is 0 Å². The topological polar surface area (TPSA) is 120 Å². The summed E-state index contributed by atoms with van der Waals surface area (Å²) < 4.78 is 0. The van der Waals surface area contributed by atoms with Crippen LogP contribution in [0, 0.1) is 4.91 Å². The fraction of sp³-hybridized carbons (Fsp3) is 0. The molecule has 0 radical (unpaired) electrons. The van der Waals surface area contributed by atoms with Crippen molar-refractivity contribution in [3.05, 3.63) is 27.0 Å². The molecule has 0 saturated heterocycles. The van der Waals surface area contributed by atoms with E-state index in [4.69, 9.17) is 10.2 Å². The quantitative estimate of drug-likeness (QED) is 0.566. The number of aromatic carboxylic acids is 1. The van der Waals surface area contributed by atoms with Gasteiger partial charge in [-0.2, -0.15) is 0 Å². The minimum absolute atomic E-state index is 0.505. The van der Waals surface area contributed by atoms with Crippen LogP contribution in [-0.2, 0) is 0 Å². The summed E-state index contributed by atoms with van der Waals surface area (Å²) in [6, 6.07) is 0.737. The smallest absolute Gasteiger partial charge is 0.352 e. The maximum atomic E-state index is 10.8. The molecule has 0 bridgehead atoms. The number of rotatable bonds is 2. The average Bonchev–Trinajstić information content (AvgIpc) is 2.03. The van der Waals surface area contributed by atoms with E-state index in [1.807, 2.05) is 4.98 Å². The molecule has 0 unspecified atom stereocenters. The van der Waals surface area contributed by atoms with Gasteiger partial charge in [0.05, 0.1) is 0 Å². The highest BCUT2D eigenvalue weighted by molar-refractivity contribution is 5.86. The van der Waals surface area contributed by atoms with Gasteiger partial charge in [-0.3, -0.25) is 4.79 Å². The number of pyridine rings is 1. The van der Waals surface area contributed by atoms with Crippen LogP contribution in [-0.4, -0.2) is 21.2 Å². The molecule has 7 nitrogen and oxygen atoms in total. The molecular formula is C6H4N2O5. The predicted molar refractivity (Wildman–Crippen MR) is 41.1 cm³/mol. The number of aromatic nitrogens is 1. The molecule has 0 aliphatic heterocycles. The highest BCUT2D eigenvalue weighted by Gasteiger charge is 2.12. The van der Waals surface area contributed by atoms with E-state index in [0.717, 1.165) is 6.07 Å². The molecule has 1 aromatic heterocycles. The van der Waals surface area contributed by atoms with Crippen molar-refractivity contribution in [3.8, 4) is 5.75 Å². The van der Waals surface area contributed by atoms with Gasteiger partial charge in [-0.05, 0) is 5.18 Å². The van der Waals surface area contributed by atoms with Gasteiger partial charge in [0.2, 0.25) is 5.69 Å². The molecule has 0 aliphatic rings. The molecule has 0 amide bonds. The van der Waals surface area contributed by atoms with Crippen molar-refractivity contribution in [2.75, 3.05) is 0 Å². The van der Waals surface area contributed by atoms with Crippen molar-refractivity contribution < 1.29 is 15.0 Å². The number of nitrogens with one attached hydrogen (secondary N) is 1. The van der Waals surface area contributed by atoms with E-state index in [-0.39, 0.29) is 0 Å². The molecule has 0 fully saturated rings. The summed E-state index contributed by atoms with van der Waals surface area (Å²) in [6.45, 7) is 0. The molecule has 13 heavy (non-hydrogen) atoms. The SMILES string of the molecule is O=Nc1c(O)cc(C(=O)O)[nH]c1=O. The highest BCUT2D eigenvalue weighted by Crippen LogP contribution is 2.20. The molecule has 68 valence electrons. The molecule has 7 heteroatoms. The monoisotopic (exact) mass is 184 g/mol. The van der Waals surface area contributed by atoms with Gasteiger partial charge >= 0.3 is 5.97 Å². The first-order valence-electron chi connectivity index (χ1n) is 3.09. The number of aromatic amines is 1. The molecule has 1 aromatic rings. The maximum absolute atomic E-state index is 10.8. The second-order valence-electron chi connectivity index (χ2n) is 2.14. The first-order chi connectivity index (χ1) is 6.06. The minimum atomic E-state index is -1.41. The highest BCUT2D eigenvalue weighted by atomic mass is 16.4. The van der Waals surface area contributed by atoms with Crippen molar-refractivity contribution >= 4 is 11.7 Å². The van der Waals surface area contributed by atoms with Crippen LogP contribution in [0.5, 0.6) is 5.75 Å². The summed E-state index contributed by atoms with van der Waals surface area (Å²) in [5, 5.41) is 19.6. The van der Waals surface area contributed by atoms with Crippen molar-refractivity contribution in [2.24, 2.45) is 5.18 Å². The molecule has 0 saturated carbocycles. The van der Waals surface area contributed by atoms with Crippen LogP contribution >= 0.6 is 0 Å². The van der Waals surface area contributed by atoms with Crippen molar-refractivity contribution in [1.82, 2.24) is 4.98 Å². The van der Waals surface area contributed by atoms with Crippen LogP contribution in [0.15, 0.2) is 16.0 Å². The van der Waals surface area contributed by atoms with Gasteiger partial charge in [-0.1, -0.05) is 0 Å². The predicted octanol–water partition coefficient (Wildman–Crippen LogP) is 0.177. The third kappa shape index (κ3) is 1.53. The average molecular weight is 184 g/mol. The Morgan fingerprint density at radius 3 is 2.54 bits per heavy atom. The molecule has 0 aromatic carbocycles. The normalized spacial score (nSPS) is 9.54. The van der Waals surface area contributed by atoms with Gasteiger partial charge < -0.3 is 15.2 Å². The second kappa shape index (κ2) is 3.05. The number of hydrogen-bond donors (Lipinski definition) is 3. The molecule has 3 N–H and O–H groups in total. The molecule has 0 aliphatic carbocycles. The summed E-state index contributed by atoms with van der Waals surface area (Å²) in [5.74, 6) is -2.17. The van der Waals surface area contributed by atoms with E-state index in [9.17, 15) is 14.5 Å². The molecule has 0 spiro atoms. The van der Waals surface area contributed by atoms with Gasteiger partial charge in [-0.15, -0.1) is 4.91 Å². The Morgan fingerprint density at radius 1 is 1.54 bits per heavy atom. The Hall–Kier alpha value is -2.18. The summed E-state index contributed by atoms with van der Waals surface area (Å²) in [7, 11) is 0. The van der Waals surface area contributed by atoms with Crippen molar-refractivity contribution in [2.45, 2.75) is 0 Å². The first kappa shape index (κ1) is 8.91. The summed E-state index contributed by atoms with van der Waals surface area (Å²) in [6.07, 6.45) is 0. The maximum Gasteiger partial charge on any atom is 0.352 e. The fourth-order valence-electron chi connectivity index (χ4n) is 0.742. The van der Waals surface area contributed by atoms with Gasteiger partial charge in [-0.25, -0.2) is 4.79 Å². The van der Waals surface area contributed by atoms with Gasteiger partial charge in [0.25, 0.3) is 5.56 Å². The minimum Gasteiger partial charge on any atom is -0.505 e. The van der Waals surface area contributed by atoms with E-state index in [0.29, 0.717) is 0 Å². The molecular weight excluding hydrogens is 180 g/mol. The number of carbonyl (C=O) groups is 1. The lowest BCUT2D eigenvalue weighted by Gasteiger charge is -1.96. The number of carboxylic acid groups (broad SMARTS) is 1. The van der Waals surface area contributed by atoms with Crippen LogP contribution in [0.4, 0.5) is 5.69 Å². The Morgan fingerprint density at radius 2 is 2.15 bits per heavy atom. The number of nitrogens with zero attached hydrogens (tertiary/aromatic N) is 1. The van der Waals surface area contributed by atoms with Crippen molar-refractivity contribution in [1.29, 1.82) is 0 Å². The lowest BCUT2D eigenvalue weighted by atomic mass is 10.3. The number of nitroso groups, excluding NO2 is 1. The molecule has 1 rings (SSSR count). The number of H-pyrrole nitrogens is 1. The Labute approximate surface area is 70.6 Å². The summed E-state index contributed by atoms with van der Waals surface area (Å²) in [5.41, 5.74) is -2.27. The summed E-state index contributed by atoms with van der Waals surface area (Å²) in [4.78, 5) is 32.9. The largest absolute Gasteiger partial charge is 0.505 e. The standard InChI is InChI=1S/C6H4N2O5/c9-3-1-2(6(11)12)7-5(10)4(3)8-13/h1H,(H,11,12)(H2,7,9,10). The fourth-order valence-corrected chi connectivity index (χ4v) is 0.742. The van der Waals surface area contributed by atoms with Crippen LogP contribution in [0.1, 0.15) is 10.5 Å². The lowest BCUT2D eigenvalue weighted by Crippen LogP contribution is -2.11. The van der Waals surface area contributed by atoms with Gasteiger partial charge in [0.1, 0.15) is 5.69 Å². The third-order valence-electron chi connectivity index (χ3n) is 1.31. The Kier molecular flexibility index (Phi) is 2.09. The van der Waals surface area contributed by atoms with Crippen molar-refractivity contribution in [3.63, 3.8) is 0 Å². The number of carboxylic acids is 1. The van der Waals surface area contributed by atoms with E-state index in [1.54, 1.807) is 0 Å². The van der Waals surface area contributed by atoms with Gasteiger partial charge in [0, 0.05) is 6.07 Å². The van der Waals surface area contributed by atoms with Crippen LogP contribution in [0.2, 0.25) is 0 Å². The van der Waals surface area contributed by atoms with E-state index < -0.39 is 28.7 Å². The van der Waals surface area contributed by atoms with Crippen LogP contribution < -0.4 is 5.56 Å². The Bertz CT molecular complexity index is 422. The zero-order valence-electron chi connectivity index (χ0n) is 6.14. The van der Waals surface area contributed by atoms with E-state index >= 15 is 0 Å². The van der Waals surface area contributed by atoms with Crippen LogP contribution in [0.25, 0.3) is 0 Å². The summed E-state index contributed by atoms with van der Waals surface area (Å²) >= 11 is 0. The van der Waals surface area contributed by atoms with Gasteiger partial charge in [0.15, 0.2) is 5.75 Å². The first-order valence-corrected chi connectivity index (χ1v) is 3.09. The molecule has 1 heterocycles. The molecule has 0 atom stereocenters.